The summed E-state index contributed by atoms with van der Waals surface area (Å²) in [6.07, 6.45) is 2.03. The van der Waals surface area contributed by atoms with Crippen molar-refractivity contribution in [3.63, 3.8) is 0 Å². The number of unbranched alkanes of at least 4 members (excludes halogenated alkanes) is 1. The Bertz CT molecular complexity index is 893. The minimum Gasteiger partial charge on any atom is -0.353 e. The first-order chi connectivity index (χ1) is 11.6. The van der Waals surface area contributed by atoms with Crippen LogP contribution in [0.15, 0.2) is 40.3 Å². The van der Waals surface area contributed by atoms with Gasteiger partial charge in [-0.25, -0.2) is 4.98 Å². The summed E-state index contributed by atoms with van der Waals surface area (Å²) in [6.45, 7) is 6.89. The second-order valence-corrected chi connectivity index (χ2v) is 7.13. The lowest BCUT2D eigenvalue weighted by Gasteiger charge is -2.11. The molecule has 0 bridgehead atoms. The Hall–Kier alpha value is -2.01. The summed E-state index contributed by atoms with van der Waals surface area (Å²) in [5, 5.41) is 0.806. The first-order valence-electron chi connectivity index (χ1n) is 8.37. The molecule has 1 aromatic carbocycles. The van der Waals surface area contributed by atoms with Crippen LogP contribution >= 0.6 is 11.8 Å². The third-order valence-electron chi connectivity index (χ3n) is 4.06. The molecule has 0 unspecified atom stereocenters. The molecule has 0 aliphatic rings. The summed E-state index contributed by atoms with van der Waals surface area (Å²) in [6, 6.07) is 10.4. The second-order valence-electron chi connectivity index (χ2n) is 6.19. The van der Waals surface area contributed by atoms with Gasteiger partial charge in [0, 0.05) is 18.0 Å². The average molecular weight is 341 g/mol. The number of hydrogen-bond donors (Lipinski definition) is 1. The van der Waals surface area contributed by atoms with Crippen molar-refractivity contribution in [2.24, 2.45) is 0 Å². The summed E-state index contributed by atoms with van der Waals surface area (Å²) in [5.74, 6) is 0.813. The van der Waals surface area contributed by atoms with E-state index in [1.165, 1.54) is 11.1 Å². The van der Waals surface area contributed by atoms with Gasteiger partial charge in [0.2, 0.25) is 0 Å². The highest BCUT2D eigenvalue weighted by atomic mass is 32.2. The van der Waals surface area contributed by atoms with E-state index < -0.39 is 0 Å². The number of aromatic amines is 1. The molecule has 126 valence electrons. The van der Waals surface area contributed by atoms with Gasteiger partial charge in [-0.15, -0.1) is 0 Å². The molecule has 4 nitrogen and oxygen atoms in total. The Morgan fingerprint density at radius 3 is 2.67 bits per heavy atom. The molecule has 2 heterocycles. The Labute approximate surface area is 146 Å². The molecule has 0 radical (unpaired) electrons. The Morgan fingerprint density at radius 1 is 1.21 bits per heavy atom. The third kappa shape index (κ3) is 3.56. The van der Waals surface area contributed by atoms with Crippen LogP contribution in [-0.4, -0.2) is 14.5 Å². The summed E-state index contributed by atoms with van der Waals surface area (Å²) in [4.78, 5) is 20.7. The molecule has 0 atom stereocenters. The topological polar surface area (TPSA) is 50.7 Å². The zero-order valence-electron chi connectivity index (χ0n) is 14.4. The lowest BCUT2D eigenvalue weighted by atomic mass is 10.2. The maximum Gasteiger partial charge on any atom is 0.278 e. The zero-order chi connectivity index (χ0) is 17.1. The third-order valence-corrected chi connectivity index (χ3v) is 5.11. The van der Waals surface area contributed by atoms with Crippen LogP contribution in [0.2, 0.25) is 0 Å². The lowest BCUT2D eigenvalue weighted by molar-refractivity contribution is 0.557. The smallest absolute Gasteiger partial charge is 0.278 e. The zero-order valence-corrected chi connectivity index (χ0v) is 15.2. The van der Waals surface area contributed by atoms with Crippen LogP contribution < -0.4 is 5.56 Å². The predicted molar refractivity (Wildman–Crippen MR) is 101 cm³/mol. The summed E-state index contributed by atoms with van der Waals surface area (Å²) in [5.41, 5.74) is 4.88. The van der Waals surface area contributed by atoms with Crippen LogP contribution in [0.25, 0.3) is 11.0 Å². The maximum absolute atomic E-state index is 12.8. The fourth-order valence-corrected chi connectivity index (χ4v) is 3.65. The molecule has 0 aliphatic carbocycles. The van der Waals surface area contributed by atoms with Crippen LogP contribution in [0.1, 0.15) is 36.6 Å². The monoisotopic (exact) mass is 341 g/mol. The molecule has 3 aromatic rings. The number of rotatable bonds is 6. The molecule has 5 heteroatoms. The van der Waals surface area contributed by atoms with Gasteiger partial charge in [0.1, 0.15) is 5.52 Å². The number of H-pyrrole nitrogens is 1. The maximum atomic E-state index is 12.8. The molecule has 0 saturated heterocycles. The number of benzene rings is 1. The van der Waals surface area contributed by atoms with E-state index in [9.17, 15) is 4.79 Å². The fraction of sp³-hybridized carbons (Fsp3) is 0.368. The molecule has 2 aromatic heterocycles. The molecule has 24 heavy (non-hydrogen) atoms. The van der Waals surface area contributed by atoms with Crippen molar-refractivity contribution in [2.45, 2.75) is 51.1 Å². The van der Waals surface area contributed by atoms with Gasteiger partial charge >= 0.3 is 0 Å². The van der Waals surface area contributed by atoms with Gasteiger partial charge in [-0.05, 0) is 31.9 Å². The molecular formula is C19H23N3OS. The highest BCUT2D eigenvalue weighted by Crippen LogP contribution is 2.23. The van der Waals surface area contributed by atoms with Crippen LogP contribution in [0.5, 0.6) is 0 Å². The van der Waals surface area contributed by atoms with E-state index in [0.29, 0.717) is 12.1 Å². The minimum absolute atomic E-state index is 0.0351. The van der Waals surface area contributed by atoms with Crippen molar-refractivity contribution in [1.29, 1.82) is 0 Å². The normalized spacial score (nSPS) is 11.3. The minimum atomic E-state index is 0.0351. The van der Waals surface area contributed by atoms with E-state index in [4.69, 9.17) is 4.98 Å². The standard InChI is InChI=1S/C19H23N3OS/c1-4-5-10-22-18(23)17-16(11-14(3)20-17)21-19(22)24-12-15-8-6-13(2)7-9-15/h6-9,11,20H,4-5,10,12H2,1-3H3. The SMILES string of the molecule is CCCCn1c(SCc2ccc(C)cc2)nc2cc(C)[nH]c2c1=O. The van der Waals surface area contributed by atoms with E-state index in [-0.39, 0.29) is 5.56 Å². The molecule has 0 fully saturated rings. The number of aryl methyl sites for hydroxylation is 2. The van der Waals surface area contributed by atoms with Crippen molar-refractivity contribution >= 4 is 22.8 Å². The van der Waals surface area contributed by atoms with Crippen LogP contribution in [0.3, 0.4) is 0 Å². The van der Waals surface area contributed by atoms with Gasteiger partial charge in [0.25, 0.3) is 5.56 Å². The van der Waals surface area contributed by atoms with Crippen LogP contribution in [-0.2, 0) is 12.3 Å². The molecule has 0 aliphatic heterocycles. The number of hydrogen-bond acceptors (Lipinski definition) is 3. The van der Waals surface area contributed by atoms with Gasteiger partial charge < -0.3 is 4.98 Å². The van der Waals surface area contributed by atoms with Crippen molar-refractivity contribution < 1.29 is 0 Å². The van der Waals surface area contributed by atoms with Gasteiger partial charge in [0.15, 0.2) is 5.16 Å². The highest BCUT2D eigenvalue weighted by Gasteiger charge is 2.13. The Balaban J connectivity index is 1.94. The molecule has 0 spiro atoms. The summed E-state index contributed by atoms with van der Waals surface area (Å²) < 4.78 is 1.82. The fourth-order valence-electron chi connectivity index (χ4n) is 2.67. The quantitative estimate of drug-likeness (QED) is 0.533. The van der Waals surface area contributed by atoms with Gasteiger partial charge in [0.05, 0.1) is 5.52 Å². The number of nitrogens with zero attached hydrogens (tertiary/aromatic N) is 2. The summed E-state index contributed by atoms with van der Waals surface area (Å²) >= 11 is 1.63. The average Bonchev–Trinajstić information content (AvgIpc) is 2.94. The van der Waals surface area contributed by atoms with E-state index in [2.05, 4.69) is 43.1 Å². The molecule has 0 saturated carbocycles. The molecule has 1 N–H and O–H groups in total. The number of thioether (sulfide) groups is 1. The van der Waals surface area contributed by atoms with Crippen LogP contribution in [0, 0.1) is 13.8 Å². The van der Waals surface area contributed by atoms with E-state index in [1.54, 1.807) is 11.8 Å². The van der Waals surface area contributed by atoms with Crippen molar-refractivity contribution in [1.82, 2.24) is 14.5 Å². The Morgan fingerprint density at radius 2 is 1.96 bits per heavy atom. The van der Waals surface area contributed by atoms with Crippen molar-refractivity contribution in [3.8, 4) is 0 Å². The first kappa shape index (κ1) is 16.8. The summed E-state index contributed by atoms with van der Waals surface area (Å²) in [7, 11) is 0. The van der Waals surface area contributed by atoms with Gasteiger partial charge in [-0.2, -0.15) is 0 Å². The van der Waals surface area contributed by atoms with Gasteiger partial charge in [-0.1, -0.05) is 54.9 Å². The largest absolute Gasteiger partial charge is 0.353 e. The number of nitrogens with one attached hydrogen (secondary N) is 1. The van der Waals surface area contributed by atoms with Crippen molar-refractivity contribution in [3.05, 3.63) is 57.5 Å². The van der Waals surface area contributed by atoms with Gasteiger partial charge in [-0.3, -0.25) is 9.36 Å². The van der Waals surface area contributed by atoms with Crippen molar-refractivity contribution in [2.75, 3.05) is 0 Å². The molecule has 3 rings (SSSR count). The number of aromatic nitrogens is 3. The molecular weight excluding hydrogens is 318 g/mol. The Kier molecular flexibility index (Phi) is 5.09. The second kappa shape index (κ2) is 7.26. The van der Waals surface area contributed by atoms with E-state index in [0.717, 1.165) is 35.0 Å². The lowest BCUT2D eigenvalue weighted by Crippen LogP contribution is -2.23. The highest BCUT2D eigenvalue weighted by molar-refractivity contribution is 7.98. The first-order valence-corrected chi connectivity index (χ1v) is 9.35. The van der Waals surface area contributed by atoms with E-state index >= 15 is 0 Å². The predicted octanol–water partition coefficient (Wildman–Crippen LogP) is 4.43. The number of fused-ring (bicyclic) bond motifs is 1. The van der Waals surface area contributed by atoms with Crippen LogP contribution in [0.4, 0.5) is 0 Å². The molecule has 0 amide bonds. The van der Waals surface area contributed by atoms with E-state index in [1.807, 2.05) is 17.6 Å².